The fraction of sp³-hybridized carbons (Fsp3) is 0.364. The fourth-order valence-electron chi connectivity index (χ4n) is 3.89. The van der Waals surface area contributed by atoms with E-state index < -0.39 is 51.1 Å². The van der Waals surface area contributed by atoms with Gasteiger partial charge in [-0.05, 0) is 61.6 Å². The molecule has 0 unspecified atom stereocenters. The van der Waals surface area contributed by atoms with Crippen molar-refractivity contribution in [3.05, 3.63) is 58.7 Å². The number of alkyl halides is 3. The highest BCUT2D eigenvalue weighted by Crippen LogP contribution is 2.41. The molecule has 0 radical (unpaired) electrons. The lowest BCUT2D eigenvalue weighted by Gasteiger charge is -2.33. The van der Waals surface area contributed by atoms with Gasteiger partial charge in [0.15, 0.2) is 12.4 Å². The molecule has 0 aromatic heterocycles. The van der Waals surface area contributed by atoms with E-state index in [1.165, 1.54) is 7.05 Å². The number of carbonyl (C=O) groups is 2. The lowest BCUT2D eigenvalue weighted by molar-refractivity contribution is -0.139. The highest BCUT2D eigenvalue weighted by Gasteiger charge is 2.37. The van der Waals surface area contributed by atoms with Crippen LogP contribution in [0.1, 0.15) is 52.9 Å². The number of ketones is 1. The summed E-state index contributed by atoms with van der Waals surface area (Å²) in [4.78, 5) is 22.0. The van der Waals surface area contributed by atoms with E-state index in [2.05, 4.69) is 0 Å². The predicted molar refractivity (Wildman–Crippen MR) is 112 cm³/mol. The van der Waals surface area contributed by atoms with E-state index in [-0.39, 0.29) is 5.56 Å². The monoisotopic (exact) mass is 485 g/mol. The molecule has 0 saturated heterocycles. The first kappa shape index (κ1) is 24.7. The summed E-state index contributed by atoms with van der Waals surface area (Å²) < 4.78 is 73.0. The number of sulfonamides is 1. The molecule has 0 spiro atoms. The molecule has 33 heavy (non-hydrogen) atoms. The molecule has 1 N–H and O–H groups in total. The van der Waals surface area contributed by atoms with Crippen LogP contribution < -0.4 is 4.74 Å². The maximum atomic E-state index is 13.4. The van der Waals surface area contributed by atoms with Gasteiger partial charge in [-0.15, -0.1) is 0 Å². The van der Waals surface area contributed by atoms with Gasteiger partial charge in [-0.1, -0.05) is 12.1 Å². The molecule has 1 atom stereocenters. The lowest BCUT2D eigenvalue weighted by atomic mass is 9.87. The number of carbonyl (C=O) groups excluding carboxylic acids is 1. The zero-order valence-electron chi connectivity index (χ0n) is 17.8. The Morgan fingerprint density at radius 2 is 1.91 bits per heavy atom. The Labute approximate surface area is 188 Å². The molecule has 2 aromatic carbocycles. The molecular weight excluding hydrogens is 463 g/mol. The third-order valence-corrected chi connectivity index (χ3v) is 7.38. The molecule has 1 aliphatic rings. The van der Waals surface area contributed by atoms with Crippen molar-refractivity contribution in [3.63, 3.8) is 0 Å². The number of Topliss-reactive ketones (excluding diaryl/α,β-unsaturated/α-hetero) is 1. The number of fused-ring (bicyclic) bond motifs is 1. The first-order chi connectivity index (χ1) is 15.3. The van der Waals surface area contributed by atoms with Crippen LogP contribution >= 0.6 is 0 Å². The zero-order chi connectivity index (χ0) is 24.6. The van der Waals surface area contributed by atoms with Gasteiger partial charge in [-0.2, -0.15) is 17.5 Å². The number of nitrogens with zero attached hydrogens (tertiary/aromatic N) is 1. The minimum Gasteiger partial charge on any atom is -0.482 e. The summed E-state index contributed by atoms with van der Waals surface area (Å²) in [5.74, 6) is -1.53. The summed E-state index contributed by atoms with van der Waals surface area (Å²) in [6.07, 6.45) is -3.33. The normalized spacial score (nSPS) is 16.4. The maximum absolute atomic E-state index is 13.4. The van der Waals surface area contributed by atoms with Gasteiger partial charge in [0.25, 0.3) is 0 Å². The van der Waals surface area contributed by atoms with Crippen LogP contribution in [0, 0.1) is 0 Å². The van der Waals surface area contributed by atoms with Crippen molar-refractivity contribution in [2.24, 2.45) is 0 Å². The Morgan fingerprint density at radius 3 is 2.52 bits per heavy atom. The van der Waals surface area contributed by atoms with Gasteiger partial charge >= 0.3 is 12.1 Å². The van der Waals surface area contributed by atoms with E-state index in [1.54, 1.807) is 18.2 Å². The summed E-state index contributed by atoms with van der Waals surface area (Å²) >= 11 is 0. The number of carboxylic acid groups (broad SMARTS) is 1. The number of halogens is 3. The van der Waals surface area contributed by atoms with Crippen LogP contribution in [0.5, 0.6) is 5.75 Å². The van der Waals surface area contributed by atoms with E-state index in [0.29, 0.717) is 48.3 Å². The molecular formula is C22H22F3NO6S. The highest BCUT2D eigenvalue weighted by atomic mass is 32.2. The van der Waals surface area contributed by atoms with E-state index in [0.717, 1.165) is 17.3 Å². The van der Waals surface area contributed by atoms with Crippen LogP contribution in [0.2, 0.25) is 0 Å². The van der Waals surface area contributed by atoms with Crippen molar-refractivity contribution in [2.75, 3.05) is 13.7 Å². The second-order valence-corrected chi connectivity index (χ2v) is 9.73. The topological polar surface area (TPSA) is 101 Å². The third-order valence-electron chi connectivity index (χ3n) is 5.54. The molecule has 0 fully saturated rings. The predicted octanol–water partition coefficient (Wildman–Crippen LogP) is 4.07. The highest BCUT2D eigenvalue weighted by molar-refractivity contribution is 7.89. The molecule has 1 aliphatic carbocycles. The Morgan fingerprint density at radius 1 is 1.21 bits per heavy atom. The van der Waals surface area contributed by atoms with Crippen LogP contribution in [0.15, 0.2) is 41.3 Å². The molecule has 0 heterocycles. The van der Waals surface area contributed by atoms with Gasteiger partial charge in [-0.3, -0.25) is 4.79 Å². The van der Waals surface area contributed by atoms with Gasteiger partial charge < -0.3 is 9.84 Å². The molecule has 7 nitrogen and oxygen atoms in total. The Balaban J connectivity index is 2.04. The van der Waals surface area contributed by atoms with Crippen molar-refractivity contribution >= 4 is 21.8 Å². The van der Waals surface area contributed by atoms with Crippen molar-refractivity contribution < 1.29 is 41.0 Å². The number of benzene rings is 2. The summed E-state index contributed by atoms with van der Waals surface area (Å²) in [6, 6.07) is 6.27. The van der Waals surface area contributed by atoms with E-state index in [9.17, 15) is 31.2 Å². The smallest absolute Gasteiger partial charge is 0.416 e. The van der Waals surface area contributed by atoms with E-state index >= 15 is 0 Å². The molecule has 0 saturated carbocycles. The van der Waals surface area contributed by atoms with Gasteiger partial charge in [0.2, 0.25) is 10.0 Å². The van der Waals surface area contributed by atoms with Crippen LogP contribution in [0.25, 0.3) is 0 Å². The van der Waals surface area contributed by atoms with Crippen molar-refractivity contribution in [2.45, 2.75) is 43.3 Å². The first-order valence-corrected chi connectivity index (χ1v) is 11.4. The van der Waals surface area contributed by atoms with Crippen LogP contribution in [0.4, 0.5) is 13.2 Å². The van der Waals surface area contributed by atoms with Crippen molar-refractivity contribution in [1.29, 1.82) is 0 Å². The Bertz CT molecular complexity index is 1190. The van der Waals surface area contributed by atoms with E-state index in [4.69, 9.17) is 9.84 Å². The molecule has 3 rings (SSSR count). The number of ether oxygens (including phenoxy) is 1. The average Bonchev–Trinajstić information content (AvgIpc) is 2.75. The molecule has 0 aliphatic heterocycles. The Kier molecular flexibility index (Phi) is 6.85. The van der Waals surface area contributed by atoms with Crippen molar-refractivity contribution in [1.82, 2.24) is 4.31 Å². The minimum absolute atomic E-state index is 0.323. The van der Waals surface area contributed by atoms with E-state index in [1.807, 2.05) is 0 Å². The maximum Gasteiger partial charge on any atom is 0.416 e. The molecule has 178 valence electrons. The van der Waals surface area contributed by atoms with Gasteiger partial charge in [0.1, 0.15) is 5.75 Å². The quantitative estimate of drug-likeness (QED) is 0.594. The SMILES string of the molecule is CC(=O)c1cc(C(F)(F)F)cc(S(=O)(=O)N(C)[C@@H]2CCCc3c(OCC(=O)O)cccc32)c1. The summed E-state index contributed by atoms with van der Waals surface area (Å²) in [5.41, 5.74) is -0.333. The second kappa shape index (κ2) is 9.14. The number of hydrogen-bond acceptors (Lipinski definition) is 5. The van der Waals surface area contributed by atoms with Gasteiger partial charge in [0.05, 0.1) is 16.5 Å². The zero-order valence-corrected chi connectivity index (χ0v) is 18.7. The van der Waals surface area contributed by atoms with Crippen LogP contribution in [-0.4, -0.2) is 43.2 Å². The summed E-state index contributed by atoms with van der Waals surface area (Å²) in [7, 11) is -3.14. The summed E-state index contributed by atoms with van der Waals surface area (Å²) in [5, 5.41) is 8.88. The third kappa shape index (κ3) is 5.19. The first-order valence-electron chi connectivity index (χ1n) is 10.00. The standard InChI is InChI=1S/C22H22F3NO6S/c1-13(27)14-9-15(22(23,24)25)11-16(10-14)33(30,31)26(2)19-7-3-6-18-17(19)5-4-8-20(18)32-12-21(28)29/h4-5,8-11,19H,3,6-7,12H2,1-2H3,(H,28,29)/t19-/m1/s1. The van der Waals surface area contributed by atoms with Crippen molar-refractivity contribution in [3.8, 4) is 5.75 Å². The Hall–Kier alpha value is -2.92. The van der Waals surface area contributed by atoms with Crippen LogP contribution in [0.3, 0.4) is 0 Å². The lowest BCUT2D eigenvalue weighted by Crippen LogP contribution is -2.34. The number of hydrogen-bond donors (Lipinski definition) is 1. The number of carboxylic acids is 1. The van der Waals surface area contributed by atoms with Gasteiger partial charge in [0, 0.05) is 12.6 Å². The minimum atomic E-state index is -4.83. The summed E-state index contributed by atoms with van der Waals surface area (Å²) in [6.45, 7) is 0.499. The second-order valence-electron chi connectivity index (χ2n) is 7.74. The number of rotatable bonds is 7. The molecule has 11 heteroatoms. The molecule has 2 aromatic rings. The molecule has 0 bridgehead atoms. The fourth-order valence-corrected chi connectivity index (χ4v) is 5.33. The number of aliphatic carboxylic acids is 1. The average molecular weight is 485 g/mol. The van der Waals surface area contributed by atoms with Crippen LogP contribution in [-0.2, 0) is 27.4 Å². The largest absolute Gasteiger partial charge is 0.482 e. The molecule has 0 amide bonds. The van der Waals surface area contributed by atoms with Gasteiger partial charge in [-0.25, -0.2) is 13.2 Å².